The highest BCUT2D eigenvalue weighted by Crippen LogP contribution is 2.20. The van der Waals surface area contributed by atoms with Crippen LogP contribution < -0.4 is 4.74 Å². The van der Waals surface area contributed by atoms with Crippen molar-refractivity contribution >= 4 is 15.9 Å². The number of benzene rings is 1. The van der Waals surface area contributed by atoms with Crippen LogP contribution in [0.4, 0.5) is 4.39 Å². The molecule has 0 unspecified atom stereocenters. The van der Waals surface area contributed by atoms with Gasteiger partial charge in [-0.3, -0.25) is 0 Å². The summed E-state index contributed by atoms with van der Waals surface area (Å²) in [5.74, 6) is 0.164. The lowest BCUT2D eigenvalue weighted by atomic mass is 10.3. The lowest BCUT2D eigenvalue weighted by Gasteiger charge is -2.06. The number of nitrogens with zero attached hydrogens (tertiary/aromatic N) is 3. The fourth-order valence-corrected chi connectivity index (χ4v) is 1.66. The standard InChI is InChI=1S/C10H9BrFN3O/c11-8-3-9(12)5-10(4-8)16-2-1-15-7-13-6-14-15/h3-7H,1-2H2. The zero-order valence-corrected chi connectivity index (χ0v) is 9.89. The monoisotopic (exact) mass is 285 g/mol. The number of aromatic nitrogens is 3. The lowest BCUT2D eigenvalue weighted by molar-refractivity contribution is 0.289. The van der Waals surface area contributed by atoms with Crippen LogP contribution in [0.3, 0.4) is 0 Å². The highest BCUT2D eigenvalue weighted by molar-refractivity contribution is 9.10. The number of hydrogen-bond acceptors (Lipinski definition) is 3. The third kappa shape index (κ3) is 3.03. The van der Waals surface area contributed by atoms with Crippen molar-refractivity contribution in [1.82, 2.24) is 14.8 Å². The fraction of sp³-hybridized carbons (Fsp3) is 0.200. The van der Waals surface area contributed by atoms with Crippen molar-refractivity contribution in [3.05, 3.63) is 41.1 Å². The first-order valence-corrected chi connectivity index (χ1v) is 5.44. The number of hydrogen-bond donors (Lipinski definition) is 0. The molecule has 0 spiro atoms. The molecule has 0 radical (unpaired) electrons. The van der Waals surface area contributed by atoms with Gasteiger partial charge in [0.1, 0.15) is 30.8 Å². The second-order valence-electron chi connectivity index (χ2n) is 3.11. The van der Waals surface area contributed by atoms with Crippen LogP contribution in [0.25, 0.3) is 0 Å². The third-order valence-electron chi connectivity index (χ3n) is 1.89. The summed E-state index contributed by atoms with van der Waals surface area (Å²) < 4.78 is 20.7. The van der Waals surface area contributed by atoms with E-state index in [9.17, 15) is 4.39 Å². The molecular weight excluding hydrogens is 277 g/mol. The van der Waals surface area contributed by atoms with E-state index in [2.05, 4.69) is 26.0 Å². The molecule has 0 saturated heterocycles. The average Bonchev–Trinajstić information content (AvgIpc) is 2.69. The molecule has 0 amide bonds. The van der Waals surface area contributed by atoms with Crippen molar-refractivity contribution < 1.29 is 9.13 Å². The molecule has 0 bridgehead atoms. The molecule has 0 saturated carbocycles. The van der Waals surface area contributed by atoms with E-state index < -0.39 is 0 Å². The topological polar surface area (TPSA) is 39.9 Å². The third-order valence-corrected chi connectivity index (χ3v) is 2.35. The minimum Gasteiger partial charge on any atom is -0.492 e. The molecule has 16 heavy (non-hydrogen) atoms. The molecule has 1 aromatic carbocycles. The van der Waals surface area contributed by atoms with E-state index in [0.717, 1.165) is 0 Å². The Balaban J connectivity index is 1.89. The molecule has 0 aliphatic rings. The Morgan fingerprint density at radius 3 is 2.94 bits per heavy atom. The summed E-state index contributed by atoms with van der Waals surface area (Å²) in [5.41, 5.74) is 0. The molecule has 0 atom stereocenters. The van der Waals surface area contributed by atoms with Gasteiger partial charge in [0.25, 0.3) is 0 Å². The van der Waals surface area contributed by atoms with Gasteiger partial charge in [0, 0.05) is 10.5 Å². The zero-order chi connectivity index (χ0) is 11.4. The van der Waals surface area contributed by atoms with E-state index in [1.807, 2.05) is 0 Å². The summed E-state index contributed by atoms with van der Waals surface area (Å²) in [6, 6.07) is 4.43. The van der Waals surface area contributed by atoms with Gasteiger partial charge in [-0.05, 0) is 12.1 Å². The van der Waals surface area contributed by atoms with Gasteiger partial charge in [-0.1, -0.05) is 15.9 Å². The Hall–Kier alpha value is -1.43. The van der Waals surface area contributed by atoms with Crippen LogP contribution in [-0.2, 0) is 6.54 Å². The van der Waals surface area contributed by atoms with E-state index in [0.29, 0.717) is 23.4 Å². The first kappa shape index (κ1) is 11.1. The highest BCUT2D eigenvalue weighted by atomic mass is 79.9. The smallest absolute Gasteiger partial charge is 0.137 e. The molecule has 0 fully saturated rings. The summed E-state index contributed by atoms with van der Waals surface area (Å²) in [6.07, 6.45) is 3.06. The minimum atomic E-state index is -0.329. The molecule has 1 heterocycles. The van der Waals surface area contributed by atoms with Crippen molar-refractivity contribution in [2.24, 2.45) is 0 Å². The SMILES string of the molecule is Fc1cc(Br)cc(OCCn2cncn2)c1. The van der Waals surface area contributed by atoms with Gasteiger partial charge in [0.05, 0.1) is 6.54 Å². The highest BCUT2D eigenvalue weighted by Gasteiger charge is 2.00. The number of ether oxygens (including phenoxy) is 1. The maximum absolute atomic E-state index is 13.0. The maximum Gasteiger partial charge on any atom is 0.137 e. The van der Waals surface area contributed by atoms with E-state index in [1.165, 1.54) is 18.5 Å². The van der Waals surface area contributed by atoms with Crippen LogP contribution in [0.2, 0.25) is 0 Å². The van der Waals surface area contributed by atoms with Crippen molar-refractivity contribution in [3.8, 4) is 5.75 Å². The fourth-order valence-electron chi connectivity index (χ4n) is 1.22. The predicted molar refractivity (Wildman–Crippen MR) is 59.6 cm³/mol. The Kier molecular flexibility index (Phi) is 3.51. The largest absolute Gasteiger partial charge is 0.492 e. The van der Waals surface area contributed by atoms with Crippen molar-refractivity contribution in [3.63, 3.8) is 0 Å². The maximum atomic E-state index is 13.0. The van der Waals surface area contributed by atoms with E-state index >= 15 is 0 Å². The van der Waals surface area contributed by atoms with Crippen molar-refractivity contribution in [2.75, 3.05) is 6.61 Å². The van der Waals surface area contributed by atoms with Crippen LogP contribution in [0.15, 0.2) is 35.3 Å². The van der Waals surface area contributed by atoms with Crippen LogP contribution in [0.5, 0.6) is 5.75 Å². The molecule has 6 heteroatoms. The predicted octanol–water partition coefficient (Wildman–Crippen LogP) is 2.26. The molecule has 2 aromatic rings. The molecule has 1 aromatic heterocycles. The van der Waals surface area contributed by atoms with Crippen molar-refractivity contribution in [1.29, 1.82) is 0 Å². The first-order chi connectivity index (χ1) is 7.74. The van der Waals surface area contributed by atoms with Crippen LogP contribution in [-0.4, -0.2) is 21.4 Å². The molecule has 4 nitrogen and oxygen atoms in total. The first-order valence-electron chi connectivity index (χ1n) is 4.65. The molecular formula is C10H9BrFN3O. The lowest BCUT2D eigenvalue weighted by Crippen LogP contribution is -2.08. The summed E-state index contributed by atoms with van der Waals surface area (Å²) in [6.45, 7) is 0.993. The molecule has 0 N–H and O–H groups in total. The summed E-state index contributed by atoms with van der Waals surface area (Å²) in [4.78, 5) is 3.80. The van der Waals surface area contributed by atoms with E-state index in [1.54, 1.807) is 17.1 Å². The Bertz CT molecular complexity index is 441. The molecule has 2 rings (SSSR count). The van der Waals surface area contributed by atoms with Gasteiger partial charge in [0.2, 0.25) is 0 Å². The molecule has 84 valence electrons. The molecule has 0 aliphatic heterocycles. The summed E-state index contributed by atoms with van der Waals surface area (Å²) in [7, 11) is 0. The normalized spacial score (nSPS) is 10.4. The number of halogens is 2. The van der Waals surface area contributed by atoms with Crippen LogP contribution in [0, 0.1) is 5.82 Å². The van der Waals surface area contributed by atoms with E-state index in [-0.39, 0.29) is 5.82 Å². The Morgan fingerprint density at radius 2 is 2.25 bits per heavy atom. The molecule has 0 aliphatic carbocycles. The van der Waals surface area contributed by atoms with E-state index in [4.69, 9.17) is 4.74 Å². The number of rotatable bonds is 4. The average molecular weight is 286 g/mol. The second kappa shape index (κ2) is 5.07. The van der Waals surface area contributed by atoms with Crippen LogP contribution in [0.1, 0.15) is 0 Å². The Morgan fingerprint density at radius 1 is 1.38 bits per heavy atom. The quantitative estimate of drug-likeness (QED) is 0.865. The van der Waals surface area contributed by atoms with Gasteiger partial charge >= 0.3 is 0 Å². The van der Waals surface area contributed by atoms with Gasteiger partial charge < -0.3 is 4.74 Å². The van der Waals surface area contributed by atoms with Gasteiger partial charge in [-0.2, -0.15) is 5.10 Å². The Labute approximate surface area is 100 Å². The van der Waals surface area contributed by atoms with Crippen molar-refractivity contribution in [2.45, 2.75) is 6.54 Å². The van der Waals surface area contributed by atoms with Gasteiger partial charge in [-0.25, -0.2) is 14.1 Å². The van der Waals surface area contributed by atoms with Gasteiger partial charge in [0.15, 0.2) is 0 Å². The zero-order valence-electron chi connectivity index (χ0n) is 8.31. The summed E-state index contributed by atoms with van der Waals surface area (Å²) in [5, 5.41) is 3.92. The minimum absolute atomic E-state index is 0.329. The van der Waals surface area contributed by atoms with Gasteiger partial charge in [-0.15, -0.1) is 0 Å². The second-order valence-corrected chi connectivity index (χ2v) is 4.03. The van der Waals surface area contributed by atoms with Crippen LogP contribution >= 0.6 is 15.9 Å². The summed E-state index contributed by atoms with van der Waals surface area (Å²) >= 11 is 3.20.